The average molecular weight is 399 g/mol. The molecule has 0 amide bonds. The third-order valence-electron chi connectivity index (χ3n) is 5.40. The van der Waals surface area contributed by atoms with E-state index < -0.39 is 11.7 Å². The van der Waals surface area contributed by atoms with Crippen molar-refractivity contribution in [3.63, 3.8) is 0 Å². The fraction of sp³-hybridized carbons (Fsp3) is 0.381. The molecule has 29 heavy (non-hydrogen) atoms. The Hall–Kier alpha value is -3.08. The van der Waals surface area contributed by atoms with E-state index in [1.54, 1.807) is 23.4 Å². The van der Waals surface area contributed by atoms with Gasteiger partial charge in [0.25, 0.3) is 0 Å². The molecule has 1 saturated carbocycles. The highest BCUT2D eigenvalue weighted by atomic mass is 19.4. The molecule has 1 N–H and O–H groups in total. The second kappa shape index (κ2) is 7.74. The molecule has 2 heterocycles. The molecule has 4 rings (SSSR count). The van der Waals surface area contributed by atoms with E-state index in [0.717, 1.165) is 37.8 Å². The van der Waals surface area contributed by atoms with Crippen LogP contribution in [0.4, 0.5) is 13.2 Å². The fourth-order valence-corrected chi connectivity index (χ4v) is 3.74. The molecule has 8 heteroatoms. The van der Waals surface area contributed by atoms with Crippen molar-refractivity contribution in [2.75, 3.05) is 0 Å². The molecule has 5 nitrogen and oxygen atoms in total. The van der Waals surface area contributed by atoms with Crippen LogP contribution in [-0.4, -0.2) is 23.2 Å². The number of nitrogens with zero attached hydrogens (tertiary/aromatic N) is 4. The normalized spacial score (nSPS) is 26.6. The van der Waals surface area contributed by atoms with Gasteiger partial charge in [0, 0.05) is 23.9 Å². The Labute approximate surface area is 166 Å². The zero-order chi connectivity index (χ0) is 20.4. The monoisotopic (exact) mass is 399 g/mol. The smallest absolute Gasteiger partial charge is 0.365 e. The maximum atomic E-state index is 13.0. The summed E-state index contributed by atoms with van der Waals surface area (Å²) in [6.07, 6.45) is 6.23. The van der Waals surface area contributed by atoms with E-state index in [4.69, 9.17) is 5.26 Å². The summed E-state index contributed by atoms with van der Waals surface area (Å²) in [5.41, 5.74) is 0.307. The summed E-state index contributed by atoms with van der Waals surface area (Å²) in [6.45, 7) is 0. The van der Waals surface area contributed by atoms with Crippen LogP contribution in [-0.2, 0) is 6.18 Å². The van der Waals surface area contributed by atoms with Crippen LogP contribution in [0.2, 0.25) is 0 Å². The molecule has 1 aromatic carbocycles. The molecular formula is C21H20F3N5. The quantitative estimate of drug-likeness (QED) is 0.744. The lowest BCUT2D eigenvalue weighted by molar-refractivity contribution is -0.137. The van der Waals surface area contributed by atoms with E-state index in [9.17, 15) is 13.2 Å². The molecule has 1 aliphatic carbocycles. The molecule has 0 bridgehead atoms. The lowest BCUT2D eigenvalue weighted by Crippen LogP contribution is -2.34. The average Bonchev–Trinajstić information content (AvgIpc) is 3.15. The van der Waals surface area contributed by atoms with Gasteiger partial charge < -0.3 is 5.32 Å². The van der Waals surface area contributed by atoms with Gasteiger partial charge in [0.2, 0.25) is 0 Å². The number of hydrogen-bond acceptors (Lipinski definition) is 5. The number of rotatable bonds is 2. The molecule has 1 atom stereocenters. The van der Waals surface area contributed by atoms with E-state index in [0.29, 0.717) is 23.0 Å². The summed E-state index contributed by atoms with van der Waals surface area (Å²) >= 11 is 0. The number of hydrazone groups is 1. The molecule has 3 aliphatic rings. The van der Waals surface area contributed by atoms with Crippen LogP contribution in [0.1, 0.15) is 36.8 Å². The number of amidine groups is 1. The van der Waals surface area contributed by atoms with Gasteiger partial charge in [-0.05, 0) is 55.9 Å². The number of aliphatic imine (C=N–C) groups is 1. The van der Waals surface area contributed by atoms with Gasteiger partial charge in [-0.2, -0.15) is 23.5 Å². The molecule has 1 fully saturated rings. The molecular weight excluding hydrogens is 379 g/mol. The van der Waals surface area contributed by atoms with Gasteiger partial charge in [0.05, 0.1) is 17.3 Å². The maximum absolute atomic E-state index is 13.0. The number of hydrogen-bond donors (Lipinski definition) is 1. The number of fused-ring (bicyclic) bond motifs is 1. The van der Waals surface area contributed by atoms with E-state index in [1.165, 1.54) is 6.07 Å². The number of halogens is 3. The summed E-state index contributed by atoms with van der Waals surface area (Å²) < 4.78 is 39.1. The summed E-state index contributed by atoms with van der Waals surface area (Å²) in [7, 11) is 0. The van der Waals surface area contributed by atoms with Gasteiger partial charge in [-0.25, -0.2) is 10.0 Å². The Kier molecular flexibility index (Phi) is 5.14. The topological polar surface area (TPSA) is 63.8 Å². The zero-order valence-corrected chi connectivity index (χ0v) is 15.6. The van der Waals surface area contributed by atoms with Crippen molar-refractivity contribution in [1.82, 2.24) is 10.3 Å². The van der Waals surface area contributed by atoms with Gasteiger partial charge in [-0.15, -0.1) is 0 Å². The summed E-state index contributed by atoms with van der Waals surface area (Å²) in [5, 5.41) is 18.3. The van der Waals surface area contributed by atoms with Crippen LogP contribution in [0.25, 0.3) is 5.70 Å². The third-order valence-corrected chi connectivity index (χ3v) is 5.40. The van der Waals surface area contributed by atoms with Crippen LogP contribution in [0.15, 0.2) is 52.7 Å². The molecule has 0 radical (unpaired) electrons. The van der Waals surface area contributed by atoms with E-state index in [1.807, 2.05) is 12.3 Å². The SMILES string of the molecule is N#CC1CCC(/C=N/C2=NN3C(c4cccc(C(F)(F)F)c4)=CNC3C=C2)CC1. The lowest BCUT2D eigenvalue weighted by atomic mass is 9.83. The largest absolute Gasteiger partial charge is 0.416 e. The van der Waals surface area contributed by atoms with Crippen LogP contribution in [0, 0.1) is 23.2 Å². The number of alkyl halides is 3. The highest BCUT2D eigenvalue weighted by Gasteiger charge is 2.33. The first-order chi connectivity index (χ1) is 13.9. The van der Waals surface area contributed by atoms with Gasteiger partial charge in [-0.1, -0.05) is 12.1 Å². The fourth-order valence-electron chi connectivity index (χ4n) is 3.74. The van der Waals surface area contributed by atoms with E-state index in [-0.39, 0.29) is 12.1 Å². The van der Waals surface area contributed by atoms with Gasteiger partial charge in [0.1, 0.15) is 6.17 Å². The molecule has 1 aromatic rings. The molecule has 0 aromatic heterocycles. The van der Waals surface area contributed by atoms with Crippen LogP contribution >= 0.6 is 0 Å². The van der Waals surface area contributed by atoms with Crippen LogP contribution < -0.4 is 5.32 Å². The highest BCUT2D eigenvalue weighted by Crippen LogP contribution is 2.34. The van der Waals surface area contributed by atoms with Gasteiger partial charge >= 0.3 is 6.18 Å². The minimum atomic E-state index is -4.40. The van der Waals surface area contributed by atoms with Crippen molar-refractivity contribution in [3.8, 4) is 6.07 Å². The minimum absolute atomic E-state index is 0.142. The number of benzene rings is 1. The first-order valence-electron chi connectivity index (χ1n) is 9.58. The number of nitriles is 1. The second-order valence-corrected chi connectivity index (χ2v) is 7.40. The molecule has 1 unspecified atom stereocenters. The number of nitrogens with one attached hydrogen (secondary N) is 1. The Balaban J connectivity index is 1.49. The Morgan fingerprint density at radius 2 is 2.03 bits per heavy atom. The van der Waals surface area contributed by atoms with Crippen molar-refractivity contribution in [2.24, 2.45) is 21.9 Å². The zero-order valence-electron chi connectivity index (χ0n) is 15.6. The third kappa shape index (κ3) is 4.19. The first kappa shape index (κ1) is 19.2. The molecule has 2 aliphatic heterocycles. The first-order valence-corrected chi connectivity index (χ1v) is 9.58. The Morgan fingerprint density at radius 3 is 2.76 bits per heavy atom. The van der Waals surface area contributed by atoms with Crippen LogP contribution in [0.5, 0.6) is 0 Å². The molecule has 0 spiro atoms. The summed E-state index contributed by atoms with van der Waals surface area (Å²) in [6, 6.07) is 7.53. The van der Waals surface area contributed by atoms with Crippen LogP contribution in [0.3, 0.4) is 0 Å². The second-order valence-electron chi connectivity index (χ2n) is 7.40. The summed E-state index contributed by atoms with van der Waals surface area (Å²) in [4.78, 5) is 4.48. The van der Waals surface area contributed by atoms with Gasteiger partial charge in [0.15, 0.2) is 5.84 Å². The van der Waals surface area contributed by atoms with Crippen molar-refractivity contribution in [1.29, 1.82) is 5.26 Å². The van der Waals surface area contributed by atoms with Gasteiger partial charge in [-0.3, -0.25) is 0 Å². The summed E-state index contributed by atoms with van der Waals surface area (Å²) in [5.74, 6) is 0.969. The predicted octanol–water partition coefficient (Wildman–Crippen LogP) is 4.52. The van der Waals surface area contributed by atoms with Crippen molar-refractivity contribution >= 4 is 17.7 Å². The Morgan fingerprint density at radius 1 is 1.24 bits per heavy atom. The maximum Gasteiger partial charge on any atom is 0.416 e. The van der Waals surface area contributed by atoms with E-state index >= 15 is 0 Å². The Bertz CT molecular complexity index is 930. The minimum Gasteiger partial charge on any atom is -0.365 e. The predicted molar refractivity (Wildman–Crippen MR) is 104 cm³/mol. The molecule has 0 saturated heterocycles. The van der Waals surface area contributed by atoms with E-state index in [2.05, 4.69) is 21.5 Å². The van der Waals surface area contributed by atoms with Crippen molar-refractivity contribution < 1.29 is 13.2 Å². The highest BCUT2D eigenvalue weighted by molar-refractivity contribution is 5.99. The standard InChI is InChI=1S/C21H20F3N5/c22-21(23,24)17-3-1-2-16(10-17)18-13-27-20-9-8-19(28-29(18)20)26-12-15-6-4-14(11-25)5-7-15/h1-3,8-10,12-15,20,27H,4-7H2/b26-12+. The van der Waals surface area contributed by atoms with Crippen molar-refractivity contribution in [2.45, 2.75) is 38.0 Å². The molecule has 150 valence electrons. The lowest BCUT2D eigenvalue weighted by Gasteiger charge is -2.25. The van der Waals surface area contributed by atoms with Crippen molar-refractivity contribution in [3.05, 3.63) is 53.7 Å².